The maximum absolute atomic E-state index is 14.0. The lowest BCUT2D eigenvalue weighted by Gasteiger charge is -2.24. The largest absolute Gasteiger partial charge is 0.466 e. The van der Waals surface area contributed by atoms with Crippen LogP contribution in [0.25, 0.3) is 5.57 Å². The van der Waals surface area contributed by atoms with E-state index in [-0.39, 0.29) is 21.6 Å². The summed E-state index contributed by atoms with van der Waals surface area (Å²) in [4.78, 5) is 58.9. The molecule has 10 heteroatoms. The summed E-state index contributed by atoms with van der Waals surface area (Å²) < 4.78 is 11.5. The van der Waals surface area contributed by atoms with E-state index in [0.717, 1.165) is 11.3 Å². The smallest absolute Gasteiger partial charge is 0.338 e. The summed E-state index contributed by atoms with van der Waals surface area (Å²) in [6.45, 7) is 5.71. The Morgan fingerprint density at radius 2 is 1.74 bits per heavy atom. The van der Waals surface area contributed by atoms with E-state index in [1.54, 1.807) is 48.2 Å². The molecule has 2 aromatic carbocycles. The Labute approximate surface area is 221 Å². The first kappa shape index (κ1) is 25.1. The van der Waals surface area contributed by atoms with Gasteiger partial charge in [0.2, 0.25) is 0 Å². The van der Waals surface area contributed by atoms with Gasteiger partial charge in [-0.3, -0.25) is 14.2 Å². The van der Waals surface area contributed by atoms with Crippen molar-refractivity contribution in [1.82, 2.24) is 4.57 Å². The van der Waals surface area contributed by atoms with Gasteiger partial charge in [0.25, 0.3) is 11.5 Å². The fourth-order valence-corrected chi connectivity index (χ4v) is 5.92. The van der Waals surface area contributed by atoms with Crippen LogP contribution in [0, 0.1) is 0 Å². The van der Waals surface area contributed by atoms with Gasteiger partial charge in [0.1, 0.15) is 4.53 Å². The first-order valence-electron chi connectivity index (χ1n) is 11.7. The number of allylic oxidation sites excluding steroid dienone is 1. The third-order valence-corrected chi connectivity index (χ3v) is 7.57. The summed E-state index contributed by atoms with van der Waals surface area (Å²) in [7, 11) is 2.55. The minimum Gasteiger partial charge on any atom is -0.466 e. The number of carbonyl (C=O) groups is 3. The number of esters is 2. The summed E-state index contributed by atoms with van der Waals surface area (Å²) >= 11 is 1.09. The van der Waals surface area contributed by atoms with Crippen molar-refractivity contribution in [3.8, 4) is 0 Å². The van der Waals surface area contributed by atoms with Crippen LogP contribution in [0.4, 0.5) is 5.69 Å². The number of ether oxygens (including phenoxy) is 2. The molecule has 2 aliphatic rings. The number of nitrogens with zero attached hydrogens (tertiary/aromatic N) is 3. The predicted octanol–water partition coefficient (Wildman–Crippen LogP) is 2.10. The third-order valence-electron chi connectivity index (χ3n) is 6.51. The number of para-hydroxylation sites is 1. The second kappa shape index (κ2) is 9.71. The highest BCUT2D eigenvalue weighted by Gasteiger charge is 2.37. The van der Waals surface area contributed by atoms with Gasteiger partial charge in [0.05, 0.1) is 48.4 Å². The molecule has 0 bridgehead atoms. The Balaban J connectivity index is 1.79. The maximum atomic E-state index is 14.0. The Hall–Kier alpha value is -4.57. The van der Waals surface area contributed by atoms with Crippen LogP contribution in [0.1, 0.15) is 34.5 Å². The lowest BCUT2D eigenvalue weighted by molar-refractivity contribution is -0.136. The standard InChI is InChI=1S/C28H23N3O6S/c1-5-14-30-19-9-7-6-8-18(19)21(24(30)32)23-25(33)31-22(16-10-12-17(13-11-16)26(34)36-3)20(27(35)37-4)15(2)29-28(31)38-23/h5-13,22H,1,14H2,2-4H3. The minimum atomic E-state index is -0.879. The molecule has 0 saturated carbocycles. The Kier molecular flexibility index (Phi) is 6.41. The quantitative estimate of drug-likeness (QED) is 0.370. The number of aromatic nitrogens is 1. The van der Waals surface area contributed by atoms with Crippen LogP contribution in [0.15, 0.2) is 82.2 Å². The molecular formula is C28H23N3O6S. The molecule has 0 radical (unpaired) electrons. The SMILES string of the molecule is C=CCN1C(=O)C(=c2sc3n(c2=O)C(c2ccc(C(=O)OC)cc2)C(C(=O)OC)=C(C)N=3)c2ccccc21. The zero-order valence-electron chi connectivity index (χ0n) is 20.9. The molecule has 3 aromatic rings. The number of rotatable bonds is 5. The summed E-state index contributed by atoms with van der Waals surface area (Å²) in [5.41, 5.74) is 2.64. The number of amides is 1. The van der Waals surface area contributed by atoms with E-state index in [2.05, 4.69) is 11.6 Å². The molecule has 0 aliphatic carbocycles. The Morgan fingerprint density at radius 3 is 2.39 bits per heavy atom. The highest BCUT2D eigenvalue weighted by molar-refractivity contribution is 7.07. The van der Waals surface area contributed by atoms with Gasteiger partial charge in [0, 0.05) is 12.1 Å². The first-order valence-corrected chi connectivity index (χ1v) is 12.5. The number of thiazole rings is 1. The van der Waals surface area contributed by atoms with Crippen LogP contribution in [0.3, 0.4) is 0 Å². The van der Waals surface area contributed by atoms with Crippen LogP contribution in [0.2, 0.25) is 0 Å². The summed E-state index contributed by atoms with van der Waals surface area (Å²) in [6.07, 6.45) is 1.63. The van der Waals surface area contributed by atoms with Crippen molar-refractivity contribution in [1.29, 1.82) is 0 Å². The Bertz CT molecular complexity index is 1730. The van der Waals surface area contributed by atoms with E-state index in [1.807, 2.05) is 18.2 Å². The predicted molar refractivity (Wildman–Crippen MR) is 141 cm³/mol. The van der Waals surface area contributed by atoms with Gasteiger partial charge in [0.15, 0.2) is 4.80 Å². The average Bonchev–Trinajstić information content (AvgIpc) is 3.39. The van der Waals surface area contributed by atoms with Gasteiger partial charge in [-0.15, -0.1) is 6.58 Å². The molecule has 1 aromatic heterocycles. The maximum Gasteiger partial charge on any atom is 0.338 e. The van der Waals surface area contributed by atoms with E-state index in [9.17, 15) is 19.2 Å². The number of fused-ring (bicyclic) bond motifs is 2. The molecule has 1 unspecified atom stereocenters. The molecule has 38 heavy (non-hydrogen) atoms. The van der Waals surface area contributed by atoms with E-state index in [0.29, 0.717) is 39.4 Å². The number of hydrogen-bond acceptors (Lipinski definition) is 8. The van der Waals surface area contributed by atoms with Crippen molar-refractivity contribution >= 4 is 40.4 Å². The van der Waals surface area contributed by atoms with Crippen molar-refractivity contribution in [3.63, 3.8) is 0 Å². The molecule has 192 valence electrons. The molecule has 1 atom stereocenters. The van der Waals surface area contributed by atoms with Crippen molar-refractivity contribution in [2.45, 2.75) is 13.0 Å². The zero-order chi connectivity index (χ0) is 27.1. The van der Waals surface area contributed by atoms with Crippen molar-refractivity contribution < 1.29 is 23.9 Å². The van der Waals surface area contributed by atoms with E-state index in [4.69, 9.17) is 9.47 Å². The average molecular weight is 530 g/mol. The normalized spacial score (nSPS) is 17.5. The molecule has 0 N–H and O–H groups in total. The Morgan fingerprint density at radius 1 is 1.05 bits per heavy atom. The van der Waals surface area contributed by atoms with Gasteiger partial charge in [-0.25, -0.2) is 14.6 Å². The van der Waals surface area contributed by atoms with Crippen LogP contribution in [-0.4, -0.2) is 43.2 Å². The molecule has 0 saturated heterocycles. The highest BCUT2D eigenvalue weighted by atomic mass is 32.1. The minimum absolute atomic E-state index is 0.189. The van der Waals surface area contributed by atoms with Crippen molar-refractivity contribution in [2.75, 3.05) is 25.7 Å². The monoisotopic (exact) mass is 529 g/mol. The molecule has 3 heterocycles. The van der Waals surface area contributed by atoms with Gasteiger partial charge in [-0.05, 0) is 30.7 Å². The topological polar surface area (TPSA) is 107 Å². The first-order chi connectivity index (χ1) is 18.3. The zero-order valence-corrected chi connectivity index (χ0v) is 21.7. The number of carbonyl (C=O) groups excluding carboxylic acids is 3. The molecule has 9 nitrogen and oxygen atoms in total. The number of hydrogen-bond donors (Lipinski definition) is 0. The molecule has 5 rings (SSSR count). The molecule has 1 amide bonds. The number of benzene rings is 2. The van der Waals surface area contributed by atoms with Gasteiger partial charge < -0.3 is 14.4 Å². The molecular weight excluding hydrogens is 506 g/mol. The fraction of sp³-hybridized carbons (Fsp3) is 0.179. The van der Waals surface area contributed by atoms with E-state index in [1.165, 1.54) is 18.8 Å². The lowest BCUT2D eigenvalue weighted by atomic mass is 9.95. The van der Waals surface area contributed by atoms with Gasteiger partial charge in [-0.1, -0.05) is 47.7 Å². The van der Waals surface area contributed by atoms with Crippen molar-refractivity contribution in [2.24, 2.45) is 4.99 Å². The molecule has 0 fully saturated rings. The van der Waals surface area contributed by atoms with Crippen LogP contribution >= 0.6 is 11.3 Å². The fourth-order valence-electron chi connectivity index (χ4n) is 4.79. The molecule has 2 aliphatic heterocycles. The second-order valence-corrected chi connectivity index (χ2v) is 9.58. The van der Waals surface area contributed by atoms with Gasteiger partial charge in [-0.2, -0.15) is 0 Å². The highest BCUT2D eigenvalue weighted by Crippen LogP contribution is 2.35. The summed E-state index contributed by atoms with van der Waals surface area (Å²) in [5.74, 6) is -1.45. The van der Waals surface area contributed by atoms with Crippen molar-refractivity contribution in [3.05, 3.63) is 109 Å². The number of anilines is 1. The summed E-state index contributed by atoms with van der Waals surface area (Å²) in [6, 6.07) is 12.8. The van der Waals surface area contributed by atoms with Crippen LogP contribution < -0.4 is 19.8 Å². The lowest BCUT2D eigenvalue weighted by Crippen LogP contribution is -2.40. The second-order valence-electron chi connectivity index (χ2n) is 8.60. The van der Waals surface area contributed by atoms with Crippen LogP contribution in [-0.2, 0) is 19.1 Å². The van der Waals surface area contributed by atoms with E-state index < -0.39 is 23.5 Å². The molecule has 0 spiro atoms. The summed E-state index contributed by atoms with van der Waals surface area (Å²) in [5, 5.41) is 0. The van der Waals surface area contributed by atoms with E-state index >= 15 is 0 Å². The number of methoxy groups -OCH3 is 2. The van der Waals surface area contributed by atoms with Crippen LogP contribution in [0.5, 0.6) is 0 Å². The van der Waals surface area contributed by atoms with Gasteiger partial charge >= 0.3 is 11.9 Å². The third kappa shape index (κ3) is 3.81.